The zero-order valence-electron chi connectivity index (χ0n) is 10.5. The van der Waals surface area contributed by atoms with Gasteiger partial charge in [-0.15, -0.1) is 0 Å². The Kier molecular flexibility index (Phi) is 3.34. The summed E-state index contributed by atoms with van der Waals surface area (Å²) in [5, 5.41) is 8.88. The molecule has 0 atom stereocenters. The Bertz CT molecular complexity index is 663. The number of rotatable bonds is 2. The van der Waals surface area contributed by atoms with Crippen molar-refractivity contribution in [1.29, 1.82) is 0 Å². The van der Waals surface area contributed by atoms with Crippen LogP contribution in [0.2, 0.25) is 0 Å². The summed E-state index contributed by atoms with van der Waals surface area (Å²) in [6, 6.07) is 6.68. The second kappa shape index (κ2) is 4.80. The lowest BCUT2D eigenvalue weighted by molar-refractivity contribution is 0.0697. The fraction of sp³-hybridized carbons (Fsp3) is 0.133. The van der Waals surface area contributed by atoms with Gasteiger partial charge in [0.15, 0.2) is 0 Å². The maximum Gasteiger partial charge on any atom is 0.335 e. The van der Waals surface area contributed by atoms with Crippen LogP contribution < -0.4 is 0 Å². The predicted octanol–water partition coefficient (Wildman–Crippen LogP) is 3.95. The van der Waals surface area contributed by atoms with Crippen LogP contribution >= 0.6 is 0 Å². The molecule has 2 aromatic rings. The van der Waals surface area contributed by atoms with Gasteiger partial charge in [-0.1, -0.05) is 6.07 Å². The van der Waals surface area contributed by atoms with Crippen LogP contribution in [0.4, 0.5) is 8.78 Å². The zero-order valence-corrected chi connectivity index (χ0v) is 10.5. The molecule has 2 rings (SSSR count). The lowest BCUT2D eigenvalue weighted by atomic mass is 9.96. The Morgan fingerprint density at radius 3 is 2.21 bits per heavy atom. The van der Waals surface area contributed by atoms with Crippen molar-refractivity contribution < 1.29 is 18.7 Å². The molecule has 0 saturated heterocycles. The summed E-state index contributed by atoms with van der Waals surface area (Å²) >= 11 is 0. The summed E-state index contributed by atoms with van der Waals surface area (Å²) in [6.45, 7) is 3.25. The minimum absolute atomic E-state index is 0.139. The molecule has 0 spiro atoms. The fourth-order valence-electron chi connectivity index (χ4n) is 1.96. The summed E-state index contributed by atoms with van der Waals surface area (Å²) in [5.74, 6) is -2.29. The molecule has 1 N–H and O–H groups in total. The summed E-state index contributed by atoms with van der Waals surface area (Å²) < 4.78 is 27.0. The van der Waals surface area contributed by atoms with Gasteiger partial charge in [-0.3, -0.25) is 0 Å². The Morgan fingerprint density at radius 1 is 0.947 bits per heavy atom. The van der Waals surface area contributed by atoms with Crippen LogP contribution in [0, 0.1) is 25.5 Å². The summed E-state index contributed by atoms with van der Waals surface area (Å²) in [4.78, 5) is 10.8. The van der Waals surface area contributed by atoms with Gasteiger partial charge in [0.2, 0.25) is 0 Å². The number of carbonyl (C=O) groups is 1. The van der Waals surface area contributed by atoms with Crippen molar-refractivity contribution in [3.63, 3.8) is 0 Å². The molecule has 0 amide bonds. The van der Waals surface area contributed by atoms with E-state index in [9.17, 15) is 13.6 Å². The third kappa shape index (κ3) is 2.47. The van der Waals surface area contributed by atoms with Gasteiger partial charge in [0.05, 0.1) is 5.56 Å². The quantitative estimate of drug-likeness (QED) is 0.889. The third-order valence-electron chi connectivity index (χ3n) is 3.01. The Labute approximate surface area is 109 Å². The molecule has 2 aromatic carbocycles. The normalized spacial score (nSPS) is 10.5. The van der Waals surface area contributed by atoms with Gasteiger partial charge in [0.25, 0.3) is 0 Å². The van der Waals surface area contributed by atoms with Crippen molar-refractivity contribution in [1.82, 2.24) is 0 Å². The van der Waals surface area contributed by atoms with E-state index >= 15 is 0 Å². The minimum atomic E-state index is -1.04. The van der Waals surface area contributed by atoms with Crippen LogP contribution in [0.15, 0.2) is 30.3 Å². The van der Waals surface area contributed by atoms with Crippen LogP contribution in [-0.2, 0) is 0 Å². The highest BCUT2D eigenvalue weighted by Gasteiger charge is 2.13. The fourth-order valence-corrected chi connectivity index (χ4v) is 1.96. The Balaban J connectivity index is 2.59. The average molecular weight is 262 g/mol. The van der Waals surface area contributed by atoms with Crippen molar-refractivity contribution in [3.05, 3.63) is 58.7 Å². The molecule has 0 radical (unpaired) electrons. The topological polar surface area (TPSA) is 37.3 Å². The van der Waals surface area contributed by atoms with Crippen molar-refractivity contribution in [2.45, 2.75) is 13.8 Å². The standard InChI is InChI=1S/C15H12F2O2/c1-8-5-10(15(18)19)3-4-11(8)12-6-9(2)13(16)7-14(12)17/h3-7H,1-2H3,(H,18,19). The van der Waals surface area contributed by atoms with Crippen LogP contribution in [-0.4, -0.2) is 11.1 Å². The first-order chi connectivity index (χ1) is 8.90. The maximum absolute atomic E-state index is 13.8. The number of carboxylic acid groups (broad SMARTS) is 1. The highest BCUT2D eigenvalue weighted by molar-refractivity contribution is 5.89. The molecule has 0 aromatic heterocycles. The highest BCUT2D eigenvalue weighted by Crippen LogP contribution is 2.28. The van der Waals surface area contributed by atoms with E-state index in [0.29, 0.717) is 16.7 Å². The van der Waals surface area contributed by atoms with E-state index < -0.39 is 17.6 Å². The number of halogens is 2. The molecule has 0 saturated carbocycles. The Morgan fingerprint density at radius 2 is 1.63 bits per heavy atom. The molecular weight excluding hydrogens is 250 g/mol. The summed E-state index contributed by atoms with van der Waals surface area (Å²) in [6.07, 6.45) is 0. The van der Waals surface area contributed by atoms with E-state index in [1.54, 1.807) is 13.8 Å². The Hall–Kier alpha value is -2.23. The number of benzene rings is 2. The molecule has 0 aliphatic rings. The van der Waals surface area contributed by atoms with Crippen molar-refractivity contribution in [2.75, 3.05) is 0 Å². The van der Waals surface area contributed by atoms with Crippen LogP contribution in [0.25, 0.3) is 11.1 Å². The molecule has 0 fully saturated rings. The molecule has 98 valence electrons. The van der Waals surface area contributed by atoms with Gasteiger partial charge >= 0.3 is 5.97 Å². The van der Waals surface area contributed by atoms with Crippen molar-refractivity contribution in [3.8, 4) is 11.1 Å². The van der Waals surface area contributed by atoms with Crippen LogP contribution in [0.5, 0.6) is 0 Å². The van der Waals surface area contributed by atoms with E-state index in [-0.39, 0.29) is 11.1 Å². The largest absolute Gasteiger partial charge is 0.478 e. The monoisotopic (exact) mass is 262 g/mol. The van der Waals surface area contributed by atoms with Crippen molar-refractivity contribution >= 4 is 5.97 Å². The van der Waals surface area contributed by atoms with Gasteiger partial charge in [0.1, 0.15) is 11.6 Å². The maximum atomic E-state index is 13.8. The second-order valence-electron chi connectivity index (χ2n) is 4.42. The van der Waals surface area contributed by atoms with E-state index in [2.05, 4.69) is 0 Å². The SMILES string of the molecule is Cc1cc(-c2ccc(C(=O)O)cc2C)c(F)cc1F. The van der Waals surface area contributed by atoms with Gasteiger partial charge in [0, 0.05) is 11.6 Å². The predicted molar refractivity (Wildman–Crippen MR) is 68.2 cm³/mol. The number of aromatic carboxylic acids is 1. The smallest absolute Gasteiger partial charge is 0.335 e. The molecule has 19 heavy (non-hydrogen) atoms. The van der Waals surface area contributed by atoms with Gasteiger partial charge in [-0.2, -0.15) is 0 Å². The third-order valence-corrected chi connectivity index (χ3v) is 3.01. The lowest BCUT2D eigenvalue weighted by Gasteiger charge is -2.10. The number of hydrogen-bond donors (Lipinski definition) is 1. The first kappa shape index (κ1) is 13.2. The molecule has 4 heteroatoms. The number of hydrogen-bond acceptors (Lipinski definition) is 1. The van der Waals surface area contributed by atoms with Gasteiger partial charge < -0.3 is 5.11 Å². The van der Waals surface area contributed by atoms with E-state index in [0.717, 1.165) is 6.07 Å². The summed E-state index contributed by atoms with van der Waals surface area (Å²) in [5.41, 5.74) is 1.95. The van der Waals surface area contributed by atoms with Crippen LogP contribution in [0.3, 0.4) is 0 Å². The molecule has 0 aliphatic carbocycles. The average Bonchev–Trinajstić information content (AvgIpc) is 2.34. The first-order valence-electron chi connectivity index (χ1n) is 5.70. The molecule has 2 nitrogen and oxygen atoms in total. The second-order valence-corrected chi connectivity index (χ2v) is 4.42. The first-order valence-corrected chi connectivity index (χ1v) is 5.70. The van der Waals surface area contributed by atoms with E-state index in [4.69, 9.17) is 5.11 Å². The molecule has 0 heterocycles. The van der Waals surface area contributed by atoms with Crippen molar-refractivity contribution in [2.24, 2.45) is 0 Å². The summed E-state index contributed by atoms with van der Waals surface area (Å²) in [7, 11) is 0. The molecular formula is C15H12F2O2. The molecule has 0 aliphatic heterocycles. The number of carboxylic acids is 1. The van der Waals surface area contributed by atoms with Crippen LogP contribution in [0.1, 0.15) is 21.5 Å². The minimum Gasteiger partial charge on any atom is -0.478 e. The molecule has 0 bridgehead atoms. The highest BCUT2D eigenvalue weighted by atomic mass is 19.1. The van der Waals surface area contributed by atoms with Gasteiger partial charge in [-0.25, -0.2) is 13.6 Å². The zero-order chi connectivity index (χ0) is 14.2. The van der Waals surface area contributed by atoms with Gasteiger partial charge in [-0.05, 0) is 48.7 Å². The lowest BCUT2D eigenvalue weighted by Crippen LogP contribution is -1.98. The molecule has 0 unspecified atom stereocenters. The number of aryl methyl sites for hydroxylation is 2. The van der Waals surface area contributed by atoms with E-state index in [1.807, 2.05) is 0 Å². The van der Waals surface area contributed by atoms with E-state index in [1.165, 1.54) is 24.3 Å².